The van der Waals surface area contributed by atoms with E-state index in [0.717, 1.165) is 6.07 Å². The molecule has 10 heteroatoms. The molecule has 2 rings (SSSR count). The first-order chi connectivity index (χ1) is 10.3. The van der Waals surface area contributed by atoms with Crippen LogP contribution >= 0.6 is 0 Å². The van der Waals surface area contributed by atoms with Gasteiger partial charge in [-0.1, -0.05) is 0 Å². The van der Waals surface area contributed by atoms with Crippen LogP contribution in [0.2, 0.25) is 0 Å². The number of carbonyl (C=O) groups is 1. The summed E-state index contributed by atoms with van der Waals surface area (Å²) in [5, 5.41) is 20.2. The van der Waals surface area contributed by atoms with E-state index < -0.39 is 26.8 Å². The highest BCUT2D eigenvalue weighted by Gasteiger charge is 2.32. The van der Waals surface area contributed by atoms with E-state index in [1.54, 1.807) is 4.90 Å². The van der Waals surface area contributed by atoms with E-state index in [2.05, 4.69) is 4.72 Å². The summed E-state index contributed by atoms with van der Waals surface area (Å²) >= 11 is 0. The Kier molecular flexibility index (Phi) is 4.33. The van der Waals surface area contributed by atoms with Gasteiger partial charge in [0.15, 0.2) is 0 Å². The number of nitro benzene ring substituents is 1. The lowest BCUT2D eigenvalue weighted by Crippen LogP contribution is -2.24. The van der Waals surface area contributed by atoms with Crippen LogP contribution < -0.4 is 9.62 Å². The number of hydrogen-bond donors (Lipinski definition) is 2. The number of nitrogens with one attached hydrogen (secondary N) is 1. The van der Waals surface area contributed by atoms with Gasteiger partial charge in [0, 0.05) is 19.2 Å². The van der Waals surface area contributed by atoms with E-state index in [0.29, 0.717) is 13.0 Å². The Morgan fingerprint density at radius 2 is 2.18 bits per heavy atom. The number of nitrogens with zero attached hydrogens (tertiary/aromatic N) is 2. The van der Waals surface area contributed by atoms with Crippen LogP contribution in [0, 0.1) is 16.0 Å². The summed E-state index contributed by atoms with van der Waals surface area (Å²) in [6.45, 7) is 0.532. The summed E-state index contributed by atoms with van der Waals surface area (Å²) in [5.74, 6) is -1.53. The van der Waals surface area contributed by atoms with Gasteiger partial charge in [-0.05, 0) is 25.6 Å². The molecule has 0 bridgehead atoms. The molecule has 120 valence electrons. The predicted molar refractivity (Wildman–Crippen MR) is 77.3 cm³/mol. The normalized spacial score (nSPS) is 18.4. The Labute approximate surface area is 126 Å². The van der Waals surface area contributed by atoms with Crippen molar-refractivity contribution < 1.29 is 23.2 Å². The molecule has 0 amide bonds. The first-order valence-electron chi connectivity index (χ1n) is 6.46. The maximum absolute atomic E-state index is 11.7. The van der Waals surface area contributed by atoms with Crippen LogP contribution in [-0.4, -0.2) is 44.6 Å². The topological polar surface area (TPSA) is 130 Å². The molecule has 1 aromatic rings. The first-order valence-corrected chi connectivity index (χ1v) is 7.94. The Balaban J connectivity index is 2.41. The van der Waals surface area contributed by atoms with Crippen molar-refractivity contribution >= 4 is 27.4 Å². The van der Waals surface area contributed by atoms with Crippen molar-refractivity contribution in [3.05, 3.63) is 28.3 Å². The van der Waals surface area contributed by atoms with Crippen molar-refractivity contribution in [3.8, 4) is 0 Å². The summed E-state index contributed by atoms with van der Waals surface area (Å²) < 4.78 is 25.5. The molecule has 1 unspecified atom stereocenters. The number of nitro groups is 1. The van der Waals surface area contributed by atoms with Crippen LogP contribution in [0.4, 0.5) is 11.4 Å². The van der Waals surface area contributed by atoms with E-state index in [1.807, 2.05) is 0 Å². The van der Waals surface area contributed by atoms with Crippen molar-refractivity contribution in [2.24, 2.45) is 5.92 Å². The molecule has 0 radical (unpaired) electrons. The molecule has 1 aromatic carbocycles. The van der Waals surface area contributed by atoms with Crippen LogP contribution in [0.15, 0.2) is 23.1 Å². The summed E-state index contributed by atoms with van der Waals surface area (Å²) in [6, 6.07) is 3.59. The second-order valence-electron chi connectivity index (χ2n) is 4.89. The van der Waals surface area contributed by atoms with Crippen LogP contribution in [0.5, 0.6) is 0 Å². The lowest BCUT2D eigenvalue weighted by atomic mass is 10.1. The number of hydrogen-bond acceptors (Lipinski definition) is 6. The molecule has 1 atom stereocenters. The van der Waals surface area contributed by atoms with E-state index >= 15 is 0 Å². The summed E-state index contributed by atoms with van der Waals surface area (Å²) in [6.07, 6.45) is 0.392. The van der Waals surface area contributed by atoms with Gasteiger partial charge in [-0.3, -0.25) is 14.9 Å². The molecule has 1 heterocycles. The Morgan fingerprint density at radius 1 is 1.50 bits per heavy atom. The number of sulfonamides is 1. The van der Waals surface area contributed by atoms with E-state index in [-0.39, 0.29) is 22.8 Å². The minimum atomic E-state index is -3.79. The number of rotatable bonds is 5. The van der Waals surface area contributed by atoms with Crippen molar-refractivity contribution in [2.75, 3.05) is 25.0 Å². The molecule has 22 heavy (non-hydrogen) atoms. The van der Waals surface area contributed by atoms with Crippen LogP contribution in [0.1, 0.15) is 6.42 Å². The van der Waals surface area contributed by atoms with Crippen molar-refractivity contribution in [1.82, 2.24) is 4.72 Å². The molecule has 0 saturated carbocycles. The smallest absolute Gasteiger partial charge is 0.308 e. The van der Waals surface area contributed by atoms with Crippen LogP contribution in [0.25, 0.3) is 0 Å². The summed E-state index contributed by atoms with van der Waals surface area (Å²) in [7, 11) is -2.57. The van der Waals surface area contributed by atoms with Gasteiger partial charge >= 0.3 is 5.97 Å². The molecule has 2 N–H and O–H groups in total. The lowest BCUT2D eigenvalue weighted by Gasteiger charge is -2.18. The lowest BCUT2D eigenvalue weighted by molar-refractivity contribution is -0.384. The largest absolute Gasteiger partial charge is 0.481 e. The van der Waals surface area contributed by atoms with E-state index in [9.17, 15) is 23.3 Å². The van der Waals surface area contributed by atoms with Crippen molar-refractivity contribution in [2.45, 2.75) is 11.3 Å². The van der Waals surface area contributed by atoms with Gasteiger partial charge in [0.1, 0.15) is 5.69 Å². The third-order valence-corrected chi connectivity index (χ3v) is 5.01. The fourth-order valence-electron chi connectivity index (χ4n) is 2.38. The minimum Gasteiger partial charge on any atom is -0.481 e. The fraction of sp³-hybridized carbons (Fsp3) is 0.417. The number of carboxylic acid groups (broad SMARTS) is 1. The minimum absolute atomic E-state index is 0.161. The van der Waals surface area contributed by atoms with Crippen molar-refractivity contribution in [1.29, 1.82) is 0 Å². The van der Waals surface area contributed by atoms with E-state index in [1.165, 1.54) is 19.2 Å². The first kappa shape index (κ1) is 16.2. The zero-order chi connectivity index (χ0) is 16.5. The third-order valence-electron chi connectivity index (χ3n) is 3.60. The maximum Gasteiger partial charge on any atom is 0.308 e. The van der Waals surface area contributed by atoms with Gasteiger partial charge in [0.2, 0.25) is 10.0 Å². The second-order valence-corrected chi connectivity index (χ2v) is 6.77. The Morgan fingerprint density at radius 3 is 2.68 bits per heavy atom. The monoisotopic (exact) mass is 329 g/mol. The average molecular weight is 329 g/mol. The van der Waals surface area contributed by atoms with E-state index in [4.69, 9.17) is 5.11 Å². The average Bonchev–Trinajstić information content (AvgIpc) is 2.96. The van der Waals surface area contributed by atoms with Gasteiger partial charge in [0.25, 0.3) is 5.69 Å². The van der Waals surface area contributed by atoms with Crippen LogP contribution in [0.3, 0.4) is 0 Å². The second kappa shape index (κ2) is 5.89. The number of carboxylic acids is 1. The van der Waals surface area contributed by atoms with Gasteiger partial charge in [-0.15, -0.1) is 0 Å². The molecule has 1 aliphatic heterocycles. The highest BCUT2D eigenvalue weighted by atomic mass is 32.2. The number of anilines is 1. The standard InChI is InChI=1S/C12H15N3O6S/c1-13-22(20,21)9-2-3-10(11(6-9)15(18)19)14-5-4-8(7-14)12(16)17/h2-3,6,8,13H,4-5,7H2,1H3,(H,16,17). The fourth-order valence-corrected chi connectivity index (χ4v) is 3.13. The Bertz CT molecular complexity index is 718. The van der Waals surface area contributed by atoms with Gasteiger partial charge in [0.05, 0.1) is 15.7 Å². The summed E-state index contributed by atoms with van der Waals surface area (Å²) in [4.78, 5) is 22.9. The molecular weight excluding hydrogens is 314 g/mol. The molecule has 1 fully saturated rings. The quantitative estimate of drug-likeness (QED) is 0.591. The molecular formula is C12H15N3O6S. The predicted octanol–water partition coefficient (Wildman–Crippen LogP) is 0.414. The molecule has 0 aliphatic carbocycles. The molecule has 0 aromatic heterocycles. The number of aliphatic carboxylic acids is 1. The third kappa shape index (κ3) is 3.02. The zero-order valence-corrected chi connectivity index (χ0v) is 12.5. The Hall–Kier alpha value is -2.20. The maximum atomic E-state index is 11.7. The van der Waals surface area contributed by atoms with Gasteiger partial charge in [-0.25, -0.2) is 13.1 Å². The SMILES string of the molecule is CNS(=O)(=O)c1ccc(N2CCC(C(=O)O)C2)c([N+](=O)[O-])c1. The molecule has 1 saturated heterocycles. The van der Waals surface area contributed by atoms with Gasteiger partial charge in [-0.2, -0.15) is 0 Å². The zero-order valence-electron chi connectivity index (χ0n) is 11.7. The highest BCUT2D eigenvalue weighted by molar-refractivity contribution is 7.89. The van der Waals surface area contributed by atoms with Crippen molar-refractivity contribution in [3.63, 3.8) is 0 Å². The summed E-state index contributed by atoms with van der Waals surface area (Å²) in [5.41, 5.74) is -0.133. The molecule has 9 nitrogen and oxygen atoms in total. The molecule has 1 aliphatic rings. The number of benzene rings is 1. The highest BCUT2D eigenvalue weighted by Crippen LogP contribution is 2.34. The van der Waals surface area contributed by atoms with Gasteiger partial charge < -0.3 is 10.0 Å². The molecule has 0 spiro atoms. The van der Waals surface area contributed by atoms with Crippen LogP contribution in [-0.2, 0) is 14.8 Å².